The lowest BCUT2D eigenvalue weighted by atomic mass is 9.98. The van der Waals surface area contributed by atoms with Crippen molar-refractivity contribution in [2.45, 2.75) is 42.3 Å². The van der Waals surface area contributed by atoms with Crippen LogP contribution in [0.4, 0.5) is 0 Å². The number of aryl methyl sites for hydroxylation is 1. The van der Waals surface area contributed by atoms with Crippen LogP contribution in [0.25, 0.3) is 10.7 Å². The van der Waals surface area contributed by atoms with Crippen LogP contribution in [0, 0.1) is 6.92 Å². The predicted octanol–water partition coefficient (Wildman–Crippen LogP) is 5.79. The molecule has 0 fully saturated rings. The van der Waals surface area contributed by atoms with Crippen LogP contribution in [0.2, 0.25) is 0 Å². The van der Waals surface area contributed by atoms with Gasteiger partial charge in [-0.3, -0.25) is 0 Å². The zero-order valence-corrected chi connectivity index (χ0v) is 17.7. The molecule has 0 saturated carbocycles. The molecule has 0 amide bonds. The lowest BCUT2D eigenvalue weighted by Gasteiger charge is -2.13. The van der Waals surface area contributed by atoms with Gasteiger partial charge in [-0.15, -0.1) is 11.3 Å². The summed E-state index contributed by atoms with van der Waals surface area (Å²) >= 11 is 3.21. The van der Waals surface area contributed by atoms with Crippen molar-refractivity contribution in [1.29, 1.82) is 0 Å². The topological polar surface area (TPSA) is 38.7 Å². The summed E-state index contributed by atoms with van der Waals surface area (Å²) in [5.41, 5.74) is 1.35. The first-order valence-corrected chi connectivity index (χ1v) is 12.4. The molecule has 3 nitrogen and oxygen atoms in total. The number of rotatable bonds is 3. The Labute approximate surface area is 155 Å². The first kappa shape index (κ1) is 17.9. The van der Waals surface area contributed by atoms with Gasteiger partial charge in [0.25, 0.3) is 0 Å². The van der Waals surface area contributed by atoms with Crippen molar-refractivity contribution in [2.24, 2.45) is 0 Å². The van der Waals surface area contributed by atoms with Crippen LogP contribution in [0.5, 0.6) is 0 Å². The molecule has 2 heterocycles. The minimum atomic E-state index is -0.0284. The fourth-order valence-corrected chi connectivity index (χ4v) is 7.84. The maximum atomic E-state index is 4.83. The summed E-state index contributed by atoms with van der Waals surface area (Å²) in [6.45, 7) is 10.8. The number of thiazole rings is 1. The first-order valence-electron chi connectivity index (χ1n) is 7.60. The summed E-state index contributed by atoms with van der Waals surface area (Å²) in [7, 11) is 1.28. The fourth-order valence-electron chi connectivity index (χ4n) is 2.06. The van der Waals surface area contributed by atoms with E-state index in [0.717, 1.165) is 20.0 Å². The first-order chi connectivity index (χ1) is 11.4. The Morgan fingerprint density at radius 1 is 1.12 bits per heavy atom. The molecular weight excluding hydrogens is 373 g/mol. The highest BCUT2D eigenvalue weighted by atomic mass is 32.5. The monoisotopic (exact) mass is 393 g/mol. The Kier molecular flexibility index (Phi) is 5.30. The Balaban J connectivity index is 1.92. The van der Waals surface area contributed by atoms with Gasteiger partial charge in [0.1, 0.15) is 0 Å². The molecular formula is C17H20N3PS3. The zero-order chi connectivity index (χ0) is 17.3. The predicted molar refractivity (Wildman–Crippen MR) is 108 cm³/mol. The molecule has 24 heavy (non-hydrogen) atoms. The normalized spacial score (nSPS) is 13.4. The standard InChI is InChI=1S/C17H20N3PS3/c1-11-6-8-12(9-7-11)24(21-5)16-19-14(20-23-16)13-10-18-15(22-13)17(2,3)4/h6-10H,1-5H3. The smallest absolute Gasteiger partial charge is 0.185 e. The van der Waals surface area contributed by atoms with Gasteiger partial charge in [0.2, 0.25) is 0 Å². The highest BCUT2D eigenvalue weighted by Gasteiger charge is 2.20. The van der Waals surface area contributed by atoms with E-state index in [0.29, 0.717) is 0 Å². The van der Waals surface area contributed by atoms with E-state index in [1.54, 1.807) is 11.3 Å². The fraction of sp³-hybridized carbons (Fsp3) is 0.353. The molecule has 0 bridgehead atoms. The van der Waals surface area contributed by atoms with Gasteiger partial charge in [0.05, 0.1) is 9.88 Å². The van der Waals surface area contributed by atoms with Crippen molar-refractivity contribution in [3.05, 3.63) is 41.0 Å². The average molecular weight is 394 g/mol. The van der Waals surface area contributed by atoms with Crippen LogP contribution in [0.3, 0.4) is 0 Å². The Morgan fingerprint density at radius 3 is 2.42 bits per heavy atom. The van der Waals surface area contributed by atoms with E-state index in [9.17, 15) is 0 Å². The summed E-state index contributed by atoms with van der Waals surface area (Å²) in [6, 6.07) is 8.75. The van der Waals surface area contributed by atoms with E-state index in [4.69, 9.17) is 4.98 Å². The highest BCUT2D eigenvalue weighted by Crippen LogP contribution is 2.33. The second-order valence-corrected chi connectivity index (χ2v) is 12.5. The van der Waals surface area contributed by atoms with Crippen LogP contribution >= 0.6 is 30.2 Å². The summed E-state index contributed by atoms with van der Waals surface area (Å²) in [5, 5.41) is 1.13. The van der Waals surface area contributed by atoms with Gasteiger partial charge >= 0.3 is 0 Å². The van der Waals surface area contributed by atoms with Crippen LogP contribution in [0.15, 0.2) is 39.7 Å². The summed E-state index contributed by atoms with van der Waals surface area (Å²) in [6.07, 6.45) is 1.91. The maximum absolute atomic E-state index is 4.83. The Morgan fingerprint density at radius 2 is 1.83 bits per heavy atom. The minimum Gasteiger partial charge on any atom is -0.248 e. The van der Waals surface area contributed by atoms with E-state index in [-0.39, 0.29) is 15.5 Å². The molecule has 3 rings (SSSR count). The summed E-state index contributed by atoms with van der Waals surface area (Å²) < 4.78 is 5.70. The van der Waals surface area contributed by atoms with E-state index in [1.165, 1.54) is 29.3 Å². The van der Waals surface area contributed by atoms with Crippen LogP contribution in [-0.2, 0) is 15.5 Å². The molecule has 126 valence electrons. The van der Waals surface area contributed by atoms with E-state index in [1.807, 2.05) is 6.20 Å². The van der Waals surface area contributed by atoms with Gasteiger partial charge in [-0.05, 0) is 37.3 Å². The quantitative estimate of drug-likeness (QED) is 0.528. The van der Waals surface area contributed by atoms with E-state index < -0.39 is 0 Å². The minimum absolute atomic E-state index is 0.0284. The third kappa shape index (κ3) is 3.83. The maximum Gasteiger partial charge on any atom is 0.185 e. The molecule has 1 atom stereocenters. The zero-order valence-electron chi connectivity index (χ0n) is 14.4. The molecule has 7 heteroatoms. The van der Waals surface area contributed by atoms with Crippen molar-refractivity contribution in [1.82, 2.24) is 14.3 Å². The molecule has 2 aromatic heterocycles. The number of nitrogens with zero attached hydrogens (tertiary/aromatic N) is 3. The Bertz CT molecular complexity index is 873. The van der Waals surface area contributed by atoms with Crippen molar-refractivity contribution >= 4 is 40.3 Å². The number of hydrogen-bond donors (Lipinski definition) is 0. The molecule has 1 aromatic carbocycles. The van der Waals surface area contributed by atoms with Gasteiger partial charge in [-0.25, -0.2) is 9.97 Å². The van der Waals surface area contributed by atoms with E-state index >= 15 is 0 Å². The summed E-state index contributed by atoms with van der Waals surface area (Å²) in [5.74, 6) is 0.816. The third-order valence-corrected chi connectivity index (χ3v) is 10.1. The molecule has 0 N–H and O–H groups in total. The van der Waals surface area contributed by atoms with Crippen molar-refractivity contribution in [2.75, 3.05) is 6.66 Å². The van der Waals surface area contributed by atoms with Crippen LogP contribution in [-0.4, -0.2) is 21.0 Å². The third-order valence-electron chi connectivity index (χ3n) is 3.37. The number of benzene rings is 1. The van der Waals surface area contributed by atoms with Crippen molar-refractivity contribution in [3.63, 3.8) is 0 Å². The molecule has 0 radical (unpaired) electrons. The molecule has 3 aromatic rings. The molecule has 0 aliphatic carbocycles. The van der Waals surface area contributed by atoms with E-state index in [2.05, 4.69) is 68.0 Å². The SMILES string of the molecule is CP=S(c1ccc(C)cc1)c1nc(-c2cnc(C(C)(C)C)s2)ns1. The lowest BCUT2D eigenvalue weighted by Crippen LogP contribution is -2.09. The van der Waals surface area contributed by atoms with Gasteiger partial charge in [-0.2, -0.15) is 4.37 Å². The van der Waals surface area contributed by atoms with Gasteiger partial charge in [-0.1, -0.05) is 55.9 Å². The Hall–Kier alpha value is -0.940. The molecule has 0 spiro atoms. The largest absolute Gasteiger partial charge is 0.248 e. The molecule has 0 aliphatic heterocycles. The van der Waals surface area contributed by atoms with Crippen LogP contribution in [0.1, 0.15) is 31.3 Å². The highest BCUT2D eigenvalue weighted by molar-refractivity contribution is 8.21. The average Bonchev–Trinajstić information content (AvgIpc) is 3.18. The number of hydrogen-bond acceptors (Lipinski definition) is 5. The summed E-state index contributed by atoms with van der Waals surface area (Å²) in [4.78, 5) is 11.8. The van der Waals surface area contributed by atoms with Gasteiger partial charge in [0.15, 0.2) is 10.2 Å². The van der Waals surface area contributed by atoms with Crippen molar-refractivity contribution in [3.8, 4) is 10.7 Å². The van der Waals surface area contributed by atoms with Gasteiger partial charge in [0, 0.05) is 16.5 Å². The van der Waals surface area contributed by atoms with Crippen molar-refractivity contribution < 1.29 is 0 Å². The molecule has 0 aliphatic rings. The molecule has 0 saturated heterocycles. The second kappa shape index (κ2) is 7.12. The second-order valence-electron chi connectivity index (χ2n) is 6.44. The molecule has 1 unspecified atom stereocenters. The van der Waals surface area contributed by atoms with Crippen LogP contribution < -0.4 is 0 Å². The lowest BCUT2D eigenvalue weighted by molar-refractivity contribution is 0.585. The van der Waals surface area contributed by atoms with Gasteiger partial charge < -0.3 is 0 Å². The number of aromatic nitrogens is 3.